The van der Waals surface area contributed by atoms with Crippen LogP contribution in [0.25, 0.3) is 0 Å². The van der Waals surface area contributed by atoms with Crippen molar-refractivity contribution >= 4 is 8.32 Å². The van der Waals surface area contributed by atoms with E-state index in [-0.39, 0.29) is 17.4 Å². The van der Waals surface area contributed by atoms with Crippen LogP contribution in [0.15, 0.2) is 12.2 Å². The standard InChI is InChI=1S/C13H26O3Si/c1-13(2,3)17(5,6)15-10-11-8-7-9-12(14-4)16-11/h7,9,11-12H,8,10H2,1-6H3/t11-,12-/m1/s1. The molecule has 0 N–H and O–H groups in total. The molecule has 0 aliphatic carbocycles. The molecule has 0 unspecified atom stereocenters. The average molecular weight is 258 g/mol. The van der Waals surface area contributed by atoms with Crippen LogP contribution in [0.3, 0.4) is 0 Å². The van der Waals surface area contributed by atoms with E-state index in [0.29, 0.717) is 6.61 Å². The van der Waals surface area contributed by atoms with E-state index in [2.05, 4.69) is 39.9 Å². The van der Waals surface area contributed by atoms with E-state index >= 15 is 0 Å². The summed E-state index contributed by atoms with van der Waals surface area (Å²) in [6, 6.07) is 0. The minimum Gasteiger partial charge on any atom is -0.414 e. The minimum absolute atomic E-state index is 0.124. The molecule has 2 atom stereocenters. The van der Waals surface area contributed by atoms with Gasteiger partial charge >= 0.3 is 0 Å². The zero-order chi connectivity index (χ0) is 13.1. The summed E-state index contributed by atoms with van der Waals surface area (Å²) in [4.78, 5) is 0. The van der Waals surface area contributed by atoms with Gasteiger partial charge in [0.15, 0.2) is 14.6 Å². The second-order valence-corrected chi connectivity index (χ2v) is 10.9. The highest BCUT2D eigenvalue weighted by Gasteiger charge is 2.37. The number of hydrogen-bond acceptors (Lipinski definition) is 3. The maximum Gasteiger partial charge on any atom is 0.192 e. The zero-order valence-electron chi connectivity index (χ0n) is 11.9. The molecule has 1 rings (SSSR count). The molecule has 0 aromatic heterocycles. The quantitative estimate of drug-likeness (QED) is 0.572. The van der Waals surface area contributed by atoms with Crippen molar-refractivity contribution in [1.82, 2.24) is 0 Å². The Balaban J connectivity index is 2.44. The lowest BCUT2D eigenvalue weighted by molar-refractivity contribution is -0.140. The molecule has 0 amide bonds. The topological polar surface area (TPSA) is 27.7 Å². The van der Waals surface area contributed by atoms with Gasteiger partial charge in [-0.1, -0.05) is 26.8 Å². The molecule has 17 heavy (non-hydrogen) atoms. The molecule has 4 heteroatoms. The third-order valence-corrected chi connectivity index (χ3v) is 8.19. The lowest BCUT2D eigenvalue weighted by Gasteiger charge is -2.37. The van der Waals surface area contributed by atoms with Crippen LogP contribution in [0.2, 0.25) is 18.1 Å². The van der Waals surface area contributed by atoms with E-state index in [9.17, 15) is 0 Å². The van der Waals surface area contributed by atoms with Gasteiger partial charge in [-0.05, 0) is 30.6 Å². The van der Waals surface area contributed by atoms with E-state index in [1.165, 1.54) is 0 Å². The van der Waals surface area contributed by atoms with Crippen LogP contribution in [0.5, 0.6) is 0 Å². The summed E-state index contributed by atoms with van der Waals surface area (Å²) >= 11 is 0. The van der Waals surface area contributed by atoms with Crippen LogP contribution in [0.1, 0.15) is 27.2 Å². The molecule has 3 nitrogen and oxygen atoms in total. The molecule has 0 bridgehead atoms. The Hall–Kier alpha value is -0.163. The first-order valence-corrected chi connectivity index (χ1v) is 9.16. The monoisotopic (exact) mass is 258 g/mol. The van der Waals surface area contributed by atoms with Crippen molar-refractivity contribution in [2.75, 3.05) is 13.7 Å². The first kappa shape index (κ1) is 14.9. The Kier molecular flexibility index (Phi) is 4.95. The fourth-order valence-electron chi connectivity index (χ4n) is 1.39. The van der Waals surface area contributed by atoms with Crippen LogP contribution in [-0.2, 0) is 13.9 Å². The Bertz CT molecular complexity index is 268. The molecule has 0 saturated heterocycles. The largest absolute Gasteiger partial charge is 0.414 e. The summed E-state index contributed by atoms with van der Waals surface area (Å²) in [7, 11) is -0.00717. The molecular formula is C13H26O3Si. The van der Waals surface area contributed by atoms with Gasteiger partial charge in [0.1, 0.15) is 0 Å². The van der Waals surface area contributed by atoms with Gasteiger partial charge in [0.2, 0.25) is 0 Å². The van der Waals surface area contributed by atoms with Gasteiger partial charge in [-0.15, -0.1) is 0 Å². The molecule has 0 radical (unpaired) electrons. The van der Waals surface area contributed by atoms with Crippen LogP contribution in [0, 0.1) is 0 Å². The van der Waals surface area contributed by atoms with E-state index in [1.54, 1.807) is 7.11 Å². The summed E-state index contributed by atoms with van der Waals surface area (Å²) in [6.07, 6.45) is 4.88. The highest BCUT2D eigenvalue weighted by molar-refractivity contribution is 6.74. The molecule has 1 heterocycles. The first-order chi connectivity index (χ1) is 7.76. The second kappa shape index (κ2) is 5.65. The summed E-state index contributed by atoms with van der Waals surface area (Å²) in [5.74, 6) is 0. The summed E-state index contributed by atoms with van der Waals surface area (Å²) in [6.45, 7) is 11.9. The predicted octanol–water partition coefficient (Wildman–Crippen LogP) is 3.33. The van der Waals surface area contributed by atoms with Crippen molar-refractivity contribution in [3.8, 4) is 0 Å². The number of rotatable bonds is 4. The fourth-order valence-corrected chi connectivity index (χ4v) is 2.43. The number of methoxy groups -OCH3 is 1. The van der Waals surface area contributed by atoms with E-state index in [4.69, 9.17) is 13.9 Å². The first-order valence-electron chi connectivity index (χ1n) is 6.25. The predicted molar refractivity (Wildman–Crippen MR) is 72.6 cm³/mol. The van der Waals surface area contributed by atoms with Crippen molar-refractivity contribution in [1.29, 1.82) is 0 Å². The molecule has 0 aromatic rings. The maximum atomic E-state index is 6.15. The normalized spacial score (nSPS) is 26.2. The van der Waals surface area contributed by atoms with Crippen LogP contribution in [-0.4, -0.2) is 34.4 Å². The molecule has 0 aromatic carbocycles. The smallest absolute Gasteiger partial charge is 0.192 e. The van der Waals surface area contributed by atoms with Crippen LogP contribution < -0.4 is 0 Å². The van der Waals surface area contributed by atoms with Gasteiger partial charge < -0.3 is 13.9 Å². The van der Waals surface area contributed by atoms with Crippen molar-refractivity contribution in [2.24, 2.45) is 0 Å². The van der Waals surface area contributed by atoms with E-state index < -0.39 is 8.32 Å². The minimum atomic E-state index is -1.67. The van der Waals surface area contributed by atoms with Gasteiger partial charge in [0, 0.05) is 7.11 Å². The lowest BCUT2D eigenvalue weighted by Crippen LogP contribution is -2.43. The molecule has 1 aliphatic rings. The van der Waals surface area contributed by atoms with Gasteiger partial charge in [-0.3, -0.25) is 0 Å². The van der Waals surface area contributed by atoms with E-state index in [0.717, 1.165) is 6.42 Å². The summed E-state index contributed by atoms with van der Waals surface area (Å²) in [5.41, 5.74) is 0. The Morgan fingerprint density at radius 3 is 2.53 bits per heavy atom. The zero-order valence-corrected chi connectivity index (χ0v) is 12.9. The maximum absolute atomic E-state index is 6.15. The average Bonchev–Trinajstić information content (AvgIpc) is 2.25. The van der Waals surface area contributed by atoms with Crippen molar-refractivity contribution in [3.63, 3.8) is 0 Å². The van der Waals surface area contributed by atoms with Crippen LogP contribution in [0.4, 0.5) is 0 Å². The lowest BCUT2D eigenvalue weighted by atomic mass is 10.2. The van der Waals surface area contributed by atoms with E-state index in [1.807, 2.05) is 6.08 Å². The van der Waals surface area contributed by atoms with Crippen LogP contribution >= 0.6 is 0 Å². The third kappa shape index (κ3) is 4.21. The molecule has 0 spiro atoms. The Morgan fingerprint density at radius 2 is 2.00 bits per heavy atom. The number of ether oxygens (including phenoxy) is 2. The SMILES string of the molecule is CO[C@H]1C=CC[C@H](CO[Si](C)(C)C(C)(C)C)O1. The Labute approximate surface area is 106 Å². The molecular weight excluding hydrogens is 232 g/mol. The summed E-state index contributed by atoms with van der Waals surface area (Å²) in [5, 5.41) is 0.248. The van der Waals surface area contributed by atoms with Gasteiger partial charge in [0.05, 0.1) is 12.7 Å². The highest BCUT2D eigenvalue weighted by atomic mass is 28.4. The number of hydrogen-bond donors (Lipinski definition) is 0. The van der Waals surface area contributed by atoms with Crippen molar-refractivity contribution in [2.45, 2.75) is 57.7 Å². The highest BCUT2D eigenvalue weighted by Crippen LogP contribution is 2.36. The van der Waals surface area contributed by atoms with Gasteiger partial charge in [-0.2, -0.15) is 0 Å². The molecule has 0 saturated carbocycles. The van der Waals surface area contributed by atoms with Gasteiger partial charge in [-0.25, -0.2) is 0 Å². The molecule has 1 aliphatic heterocycles. The Morgan fingerprint density at radius 1 is 1.35 bits per heavy atom. The van der Waals surface area contributed by atoms with Crippen molar-refractivity contribution < 1.29 is 13.9 Å². The molecule has 100 valence electrons. The summed E-state index contributed by atoms with van der Waals surface area (Å²) < 4.78 is 17.0. The third-order valence-electron chi connectivity index (χ3n) is 3.69. The van der Waals surface area contributed by atoms with Crippen molar-refractivity contribution in [3.05, 3.63) is 12.2 Å². The van der Waals surface area contributed by atoms with Gasteiger partial charge in [0.25, 0.3) is 0 Å². The second-order valence-electron chi connectivity index (χ2n) is 6.10. The fraction of sp³-hybridized carbons (Fsp3) is 0.846. The molecule has 0 fully saturated rings.